The minimum absolute atomic E-state index is 0.0736. The van der Waals surface area contributed by atoms with Gasteiger partial charge in [-0.1, -0.05) is 0 Å². The van der Waals surface area contributed by atoms with Crippen LogP contribution in [0.5, 0.6) is 11.5 Å². The number of hydrogen-bond acceptors (Lipinski definition) is 7. The van der Waals surface area contributed by atoms with E-state index in [0.717, 1.165) is 22.3 Å². The van der Waals surface area contributed by atoms with E-state index in [0.29, 0.717) is 41.8 Å². The molecule has 222 valence electrons. The summed E-state index contributed by atoms with van der Waals surface area (Å²) in [5.74, 6) is 2.17. The monoisotopic (exact) mass is 575 g/mol. The van der Waals surface area contributed by atoms with Gasteiger partial charge in [-0.3, -0.25) is 19.5 Å². The van der Waals surface area contributed by atoms with E-state index in [1.54, 1.807) is 41.3 Å². The number of fused-ring (bicyclic) bond motifs is 1. The maximum Gasteiger partial charge on any atom is 0.410 e. The molecule has 0 atom stereocenters. The van der Waals surface area contributed by atoms with Gasteiger partial charge in [-0.15, -0.1) is 0 Å². The Labute approximate surface area is 245 Å². The molecule has 0 spiro atoms. The Kier molecular flexibility index (Phi) is 7.61. The molecule has 0 N–H and O–H groups in total. The Bertz CT molecular complexity index is 1560. The van der Waals surface area contributed by atoms with Gasteiger partial charge in [-0.25, -0.2) is 14.6 Å². The number of hydrogen-bond donors (Lipinski definition) is 0. The fourth-order valence-corrected chi connectivity index (χ4v) is 5.43. The highest BCUT2D eigenvalue weighted by molar-refractivity contribution is 6.05. The second kappa shape index (κ2) is 11.0. The maximum atomic E-state index is 13.6. The lowest BCUT2D eigenvalue weighted by molar-refractivity contribution is -0.129. The summed E-state index contributed by atoms with van der Waals surface area (Å²) in [6.45, 7) is 8.86. The van der Waals surface area contributed by atoms with Crippen molar-refractivity contribution in [3.8, 4) is 22.9 Å². The number of urea groups is 1. The van der Waals surface area contributed by atoms with Crippen LogP contribution in [0.25, 0.3) is 11.4 Å². The van der Waals surface area contributed by atoms with E-state index in [9.17, 15) is 14.4 Å². The van der Waals surface area contributed by atoms with Crippen LogP contribution in [0.1, 0.15) is 49.4 Å². The number of carbonyl (C=O) groups excluding carboxylic acids is 3. The van der Waals surface area contributed by atoms with Gasteiger partial charge in [0.25, 0.3) is 0 Å². The molecule has 3 heterocycles. The van der Waals surface area contributed by atoms with E-state index in [-0.39, 0.29) is 31.5 Å². The number of amides is 4. The van der Waals surface area contributed by atoms with Crippen LogP contribution in [-0.2, 0) is 36.2 Å². The number of aromatic nitrogens is 2. The zero-order valence-corrected chi connectivity index (χ0v) is 25.2. The molecule has 0 radical (unpaired) electrons. The summed E-state index contributed by atoms with van der Waals surface area (Å²) >= 11 is 0. The van der Waals surface area contributed by atoms with Crippen LogP contribution in [0.2, 0.25) is 0 Å². The Hall–Kier alpha value is -4.54. The standard InChI is InChI=1S/C31H37N5O6/c1-19-12-21(13-22-16-34(18-24(19)22)30(39)42-31(2,3)4)28-32-15-26(33(28)5)35-11-10-27(37)36(29(35)38)17-20-8-9-23(40-6)14-25(20)41-7/h8-9,12-15H,10-11,16-18H2,1-7H3. The van der Waals surface area contributed by atoms with Gasteiger partial charge in [0, 0.05) is 50.3 Å². The van der Waals surface area contributed by atoms with Crippen LogP contribution in [0.3, 0.4) is 0 Å². The minimum Gasteiger partial charge on any atom is -0.497 e. The average molecular weight is 576 g/mol. The molecule has 5 rings (SSSR count). The number of nitrogens with zero attached hydrogens (tertiary/aromatic N) is 5. The van der Waals surface area contributed by atoms with E-state index in [1.807, 2.05) is 51.4 Å². The lowest BCUT2D eigenvalue weighted by Crippen LogP contribution is -2.52. The first kappa shape index (κ1) is 29.0. The predicted molar refractivity (Wildman–Crippen MR) is 156 cm³/mol. The lowest BCUT2D eigenvalue weighted by atomic mass is 10.0. The van der Waals surface area contributed by atoms with Gasteiger partial charge in [0.05, 0.1) is 27.0 Å². The number of aryl methyl sites for hydroxylation is 1. The quantitative estimate of drug-likeness (QED) is 0.406. The Balaban J connectivity index is 1.38. The van der Waals surface area contributed by atoms with E-state index in [1.165, 1.54) is 12.0 Å². The van der Waals surface area contributed by atoms with Gasteiger partial charge in [-0.05, 0) is 68.7 Å². The van der Waals surface area contributed by atoms with E-state index in [2.05, 4.69) is 4.98 Å². The van der Waals surface area contributed by atoms with Crippen molar-refractivity contribution in [2.75, 3.05) is 25.7 Å². The first-order valence-electron chi connectivity index (χ1n) is 13.9. The molecule has 0 aliphatic carbocycles. The van der Waals surface area contributed by atoms with E-state index in [4.69, 9.17) is 14.2 Å². The maximum absolute atomic E-state index is 13.6. The third-order valence-corrected chi connectivity index (χ3v) is 7.56. The van der Waals surface area contributed by atoms with E-state index < -0.39 is 11.6 Å². The van der Waals surface area contributed by atoms with Crippen molar-refractivity contribution in [1.29, 1.82) is 0 Å². The molecule has 0 bridgehead atoms. The van der Waals surface area contributed by atoms with E-state index >= 15 is 0 Å². The Morgan fingerprint density at radius 1 is 1.05 bits per heavy atom. The van der Waals surface area contributed by atoms with Crippen LogP contribution >= 0.6 is 0 Å². The SMILES string of the molecule is COc1ccc(CN2C(=O)CCN(c3cnc(-c4cc(C)c5c(c4)CN(C(=O)OC(C)(C)C)C5)n3C)C2=O)c(OC)c1. The first-order valence-corrected chi connectivity index (χ1v) is 13.9. The molecule has 0 saturated carbocycles. The molecular formula is C31H37N5O6. The number of benzene rings is 2. The first-order chi connectivity index (χ1) is 19.9. The third-order valence-electron chi connectivity index (χ3n) is 7.56. The number of anilines is 1. The van der Waals surface area contributed by atoms with Gasteiger partial charge in [0.1, 0.15) is 28.7 Å². The average Bonchev–Trinajstić information content (AvgIpc) is 3.54. The normalized spacial score (nSPS) is 15.3. The third kappa shape index (κ3) is 5.50. The number of methoxy groups -OCH3 is 2. The van der Waals surface area contributed by atoms with Crippen LogP contribution in [0.15, 0.2) is 36.5 Å². The van der Waals surface area contributed by atoms with Crippen LogP contribution in [0, 0.1) is 6.92 Å². The summed E-state index contributed by atoms with van der Waals surface area (Å²) in [5, 5.41) is 0. The van der Waals surface area contributed by atoms with Gasteiger partial charge >= 0.3 is 12.1 Å². The fourth-order valence-electron chi connectivity index (χ4n) is 5.43. The summed E-state index contributed by atoms with van der Waals surface area (Å²) < 4.78 is 18.2. The fraction of sp³-hybridized carbons (Fsp3) is 0.419. The van der Waals surface area contributed by atoms with Gasteiger partial charge in [-0.2, -0.15) is 0 Å². The molecule has 2 aliphatic heterocycles. The highest BCUT2D eigenvalue weighted by Crippen LogP contribution is 2.34. The van der Waals surface area contributed by atoms with Crippen LogP contribution in [-0.4, -0.2) is 63.7 Å². The van der Waals surface area contributed by atoms with Crippen molar-refractivity contribution in [2.24, 2.45) is 7.05 Å². The van der Waals surface area contributed by atoms with Gasteiger partial charge in [0.15, 0.2) is 0 Å². The second-order valence-electron chi connectivity index (χ2n) is 11.6. The Morgan fingerprint density at radius 3 is 2.50 bits per heavy atom. The van der Waals surface area contributed by atoms with Crippen molar-refractivity contribution in [3.05, 3.63) is 58.8 Å². The van der Waals surface area contributed by atoms with Gasteiger partial charge in [0.2, 0.25) is 5.91 Å². The Morgan fingerprint density at radius 2 is 1.81 bits per heavy atom. The molecule has 1 aromatic heterocycles. The van der Waals surface area contributed by atoms with Gasteiger partial charge < -0.3 is 18.8 Å². The molecule has 2 aromatic carbocycles. The minimum atomic E-state index is -0.567. The molecule has 3 aromatic rings. The van der Waals surface area contributed by atoms with Crippen LogP contribution in [0.4, 0.5) is 15.4 Å². The highest BCUT2D eigenvalue weighted by Gasteiger charge is 2.35. The molecule has 4 amide bonds. The van der Waals surface area contributed by atoms with Crippen molar-refractivity contribution < 1.29 is 28.6 Å². The molecule has 2 aliphatic rings. The predicted octanol–water partition coefficient (Wildman–Crippen LogP) is 5.02. The summed E-state index contributed by atoms with van der Waals surface area (Å²) in [4.78, 5) is 48.4. The summed E-state index contributed by atoms with van der Waals surface area (Å²) in [5.41, 5.74) is 4.21. The summed E-state index contributed by atoms with van der Waals surface area (Å²) in [7, 11) is 4.96. The lowest BCUT2D eigenvalue weighted by Gasteiger charge is -2.34. The molecule has 1 saturated heterocycles. The van der Waals surface area contributed by atoms with Crippen LogP contribution < -0.4 is 14.4 Å². The van der Waals surface area contributed by atoms with Crippen molar-refractivity contribution in [1.82, 2.24) is 19.4 Å². The molecule has 1 fully saturated rings. The molecule has 11 nitrogen and oxygen atoms in total. The molecule has 42 heavy (non-hydrogen) atoms. The second-order valence-corrected chi connectivity index (χ2v) is 11.6. The number of imide groups is 1. The summed E-state index contributed by atoms with van der Waals surface area (Å²) in [6, 6.07) is 8.96. The topological polar surface area (TPSA) is 106 Å². The zero-order chi connectivity index (χ0) is 30.3. The smallest absolute Gasteiger partial charge is 0.410 e. The molecule has 0 unspecified atom stereocenters. The zero-order valence-electron chi connectivity index (χ0n) is 25.2. The number of carbonyl (C=O) groups is 3. The van der Waals surface area contributed by atoms with Crippen molar-refractivity contribution >= 4 is 23.8 Å². The molecule has 11 heteroatoms. The number of ether oxygens (including phenoxy) is 3. The largest absolute Gasteiger partial charge is 0.497 e. The summed E-state index contributed by atoms with van der Waals surface area (Å²) in [6.07, 6.45) is 1.50. The van der Waals surface area contributed by atoms with Crippen molar-refractivity contribution in [3.63, 3.8) is 0 Å². The number of rotatable bonds is 6. The number of imidazole rings is 1. The highest BCUT2D eigenvalue weighted by atomic mass is 16.6. The molecular weight excluding hydrogens is 538 g/mol. The van der Waals surface area contributed by atoms with Crippen molar-refractivity contribution in [2.45, 2.75) is 59.4 Å².